The highest BCUT2D eigenvalue weighted by Crippen LogP contribution is 2.41. The van der Waals surface area contributed by atoms with Gasteiger partial charge in [-0.05, 0) is 162 Å². The number of benzene rings is 15. The van der Waals surface area contributed by atoms with Crippen LogP contribution in [-0.2, 0) is 0 Å². The van der Waals surface area contributed by atoms with E-state index in [4.69, 9.17) is 49.0 Å². The van der Waals surface area contributed by atoms with Gasteiger partial charge in [0.2, 0.25) is 0 Å². The van der Waals surface area contributed by atoms with E-state index in [-0.39, 0.29) is 0 Å². The van der Waals surface area contributed by atoms with Gasteiger partial charge in [-0.1, -0.05) is 273 Å². The molecule has 0 aliphatic rings. The summed E-state index contributed by atoms with van der Waals surface area (Å²) < 4.78 is 22.5. The van der Waals surface area contributed by atoms with Crippen LogP contribution in [0.3, 0.4) is 0 Å². The summed E-state index contributed by atoms with van der Waals surface area (Å²) in [5.41, 5.74) is 27.0. The van der Waals surface area contributed by atoms with E-state index in [1.807, 2.05) is 188 Å². The lowest BCUT2D eigenvalue weighted by Gasteiger charge is -2.12. The monoisotopic (exact) mass is 1550 g/mol. The Morgan fingerprint density at radius 2 is 0.417 bits per heavy atom. The first-order chi connectivity index (χ1) is 59.3. The first-order valence-corrected chi connectivity index (χ1v) is 39.4. The van der Waals surface area contributed by atoms with Gasteiger partial charge in [-0.15, -0.1) is 0 Å². The van der Waals surface area contributed by atoms with Gasteiger partial charge in [0.05, 0.1) is 67.3 Å². The molecule has 6 heterocycles. The molecule has 21 rings (SSSR count). The molecule has 120 heavy (non-hydrogen) atoms. The van der Waals surface area contributed by atoms with Crippen molar-refractivity contribution < 1.29 is 29.0 Å². The molecule has 13 nitrogen and oxygen atoms in total. The number of para-hydroxylation sites is 3. The minimum atomic E-state index is 0.584. The first-order valence-electron chi connectivity index (χ1n) is 39.4. The molecule has 0 atom stereocenters. The van der Waals surface area contributed by atoms with Gasteiger partial charge in [-0.3, -0.25) is 0 Å². The van der Waals surface area contributed by atoms with Crippen molar-refractivity contribution in [2.75, 3.05) is 0 Å². The number of fused-ring (bicyclic) bond motifs is 9. The van der Waals surface area contributed by atoms with Crippen LogP contribution < -0.4 is 14.0 Å². The maximum absolute atomic E-state index is 9.12. The van der Waals surface area contributed by atoms with E-state index >= 15 is 0 Å². The molecule has 0 unspecified atom stereocenters. The smallest absolute Gasteiger partial charge is 0.537 e. The quantitative estimate of drug-likeness (QED) is 0.0707. The number of pyridine rings is 2. The van der Waals surface area contributed by atoms with Crippen LogP contribution in [0.25, 0.3) is 184 Å². The second-order valence-corrected chi connectivity index (χ2v) is 28.8. The molecule has 0 bridgehead atoms. The van der Waals surface area contributed by atoms with Gasteiger partial charge in [-0.25, -0.2) is 19.9 Å². The molecule has 0 fully saturated rings. The average molecular weight is 1550 g/mol. The molecule has 21 aromatic rings. The van der Waals surface area contributed by atoms with Crippen molar-refractivity contribution in [3.63, 3.8) is 0 Å². The van der Waals surface area contributed by atoms with Crippen molar-refractivity contribution in [3.8, 4) is 135 Å². The maximum atomic E-state index is 9.12. The molecule has 567 valence electrons. The van der Waals surface area contributed by atoms with E-state index in [0.29, 0.717) is 46.1 Å². The van der Waals surface area contributed by atoms with Crippen LogP contribution in [0.5, 0.6) is 17.2 Å². The minimum Gasteiger partial charge on any atom is -0.537 e. The molecule has 0 aliphatic heterocycles. The van der Waals surface area contributed by atoms with E-state index in [2.05, 4.69) is 238 Å². The van der Waals surface area contributed by atoms with Crippen molar-refractivity contribution in [2.24, 2.45) is 0 Å². The molecule has 16 heteroatoms. The molecule has 0 aliphatic carbocycles. The van der Waals surface area contributed by atoms with Gasteiger partial charge in [0.15, 0.2) is 5.82 Å². The van der Waals surface area contributed by atoms with Crippen LogP contribution in [-0.4, -0.2) is 71.8 Å². The molecule has 0 saturated heterocycles. The van der Waals surface area contributed by atoms with E-state index in [9.17, 15) is 0 Å². The summed E-state index contributed by atoms with van der Waals surface area (Å²) in [7, 11) is 2.13. The molecule has 15 aromatic carbocycles. The molecule has 6 aromatic heterocycles. The second kappa shape index (κ2) is 33.8. The number of nitrogens with zero attached hydrogens (tertiary/aromatic N) is 7. The zero-order valence-corrected chi connectivity index (χ0v) is 64.7. The number of hydrogen-bond acceptors (Lipinski definition) is 10. The van der Waals surface area contributed by atoms with Crippen molar-refractivity contribution in [1.29, 1.82) is 0 Å². The van der Waals surface area contributed by atoms with E-state index in [0.717, 1.165) is 178 Å². The average Bonchev–Trinajstić information content (AvgIpc) is 1.60. The Bertz CT molecular complexity index is 6370. The lowest BCUT2D eigenvalue weighted by atomic mass is 10.00. The van der Waals surface area contributed by atoms with Crippen LogP contribution >= 0.6 is 0 Å². The third kappa shape index (κ3) is 15.2. The van der Waals surface area contributed by atoms with Crippen molar-refractivity contribution in [2.45, 2.75) is 0 Å². The summed E-state index contributed by atoms with van der Waals surface area (Å²) in [5.74, 6) is 2.46. The summed E-state index contributed by atoms with van der Waals surface area (Å²) in [6.45, 7) is 0. The van der Waals surface area contributed by atoms with Crippen molar-refractivity contribution >= 4 is 88.5 Å². The second-order valence-electron chi connectivity index (χ2n) is 28.8. The summed E-state index contributed by atoms with van der Waals surface area (Å²) >= 11 is 0. The number of hydrogen-bond donors (Lipinski definition) is 3. The fourth-order valence-electron chi connectivity index (χ4n) is 16.0. The van der Waals surface area contributed by atoms with Gasteiger partial charge in [0.25, 0.3) is 0 Å². The molecular formula is C104H71B3N7O6. The van der Waals surface area contributed by atoms with Gasteiger partial charge in [0, 0.05) is 88.3 Å². The minimum absolute atomic E-state index is 0.584. The standard InChI is InChI=1S/2C35H24BN2O2.C34H23BN3O2/c39-36-40-29-19-20-35-31(23-29)30-13-7-8-14-34(30)38(35)28-17-15-24(16-18-28)27-21-32(25-9-3-1-4-10-25)37-33(22-27)26-11-5-2-6-12-26;39-36-40-29-19-20-35-31(23-29)30-13-7-8-14-34(30)38(35)28-17-15-26(16-18-28)33-22-27(24-9-3-1-4-10-24)21-32(37-33)25-11-5-2-6-12-25;39-35-40-27-19-20-33-29(21-27)28-13-7-8-14-32(28)38(33)26-17-15-24(16-18-26)31-22-30(23-9-3-1-4-10-23)36-34(37-31)25-11-5-2-6-12-25/h2*1-23,39H;1-22,39H. The largest absolute Gasteiger partial charge is 0.569 e. The summed E-state index contributed by atoms with van der Waals surface area (Å²) in [6.07, 6.45) is 0. The Balaban J connectivity index is 0.000000119. The molecule has 0 spiro atoms. The Morgan fingerprint density at radius 1 is 0.183 bits per heavy atom. The van der Waals surface area contributed by atoms with Crippen LogP contribution in [0.15, 0.2) is 413 Å². The zero-order valence-electron chi connectivity index (χ0n) is 64.7. The molecule has 3 N–H and O–H groups in total. The normalized spacial score (nSPS) is 11.1. The van der Waals surface area contributed by atoms with Crippen LogP contribution in [0.1, 0.15) is 0 Å². The van der Waals surface area contributed by atoms with Gasteiger partial charge in [0.1, 0.15) is 17.2 Å². The number of rotatable bonds is 18. The van der Waals surface area contributed by atoms with Gasteiger partial charge >= 0.3 is 23.1 Å². The first kappa shape index (κ1) is 74.6. The summed E-state index contributed by atoms with van der Waals surface area (Å²) in [5, 5.41) is 33.9. The Labute approximate surface area is 694 Å². The lowest BCUT2D eigenvalue weighted by molar-refractivity contribution is 0.453. The SMILES string of the molecule is O[B]Oc1ccc2c(c1)c1ccccc1n2-c1ccc(-c2cc(-c3ccccc3)cc(-c3ccccc3)n2)cc1.O[B]Oc1ccc2c(c1)c1ccccc1n2-c1ccc(-c2cc(-c3ccccc3)nc(-c3ccccc3)c2)cc1.O[B]Oc1ccc2c(c1)c1ccccc1n2-c1ccc(-c2cc(-c3ccccc3)nc(-c3ccccc3)n2)cc1. The lowest BCUT2D eigenvalue weighted by Crippen LogP contribution is -1.99. The maximum Gasteiger partial charge on any atom is 0.569 e. The predicted molar refractivity (Wildman–Crippen MR) is 488 cm³/mol. The highest BCUT2D eigenvalue weighted by Gasteiger charge is 2.20. The molecule has 0 amide bonds. The molecular weight excluding hydrogens is 1480 g/mol. The Hall–Kier alpha value is -15.4. The van der Waals surface area contributed by atoms with Crippen LogP contribution in [0, 0.1) is 0 Å². The fraction of sp³-hybridized carbons (Fsp3) is 0. The van der Waals surface area contributed by atoms with E-state index in [1.54, 1.807) is 0 Å². The Morgan fingerprint density at radius 3 is 0.717 bits per heavy atom. The Kier molecular flexibility index (Phi) is 21.0. The van der Waals surface area contributed by atoms with Crippen LogP contribution in [0.2, 0.25) is 0 Å². The third-order valence-electron chi connectivity index (χ3n) is 21.6. The van der Waals surface area contributed by atoms with Gasteiger partial charge < -0.3 is 42.7 Å². The van der Waals surface area contributed by atoms with E-state index < -0.39 is 0 Å². The number of aromatic nitrogens is 7. The zero-order chi connectivity index (χ0) is 80.7. The third-order valence-corrected chi connectivity index (χ3v) is 21.6. The topological polar surface area (TPSA) is 155 Å². The highest BCUT2D eigenvalue weighted by atomic mass is 16.5. The van der Waals surface area contributed by atoms with Gasteiger partial charge in [-0.2, -0.15) is 0 Å². The van der Waals surface area contributed by atoms with Crippen LogP contribution in [0.4, 0.5) is 0 Å². The van der Waals surface area contributed by atoms with Crippen molar-refractivity contribution in [1.82, 2.24) is 33.6 Å². The molecule has 3 radical (unpaired) electrons. The summed E-state index contributed by atoms with van der Waals surface area (Å²) in [6, 6.07) is 141. The van der Waals surface area contributed by atoms with E-state index in [1.165, 1.54) is 0 Å². The van der Waals surface area contributed by atoms with Crippen molar-refractivity contribution in [3.05, 3.63) is 413 Å². The predicted octanol–water partition coefficient (Wildman–Crippen LogP) is 23.7. The molecule has 0 saturated carbocycles. The summed E-state index contributed by atoms with van der Waals surface area (Å²) in [4.78, 5) is 20.0. The highest BCUT2D eigenvalue weighted by molar-refractivity contribution is 6.19. The fourth-order valence-corrected chi connectivity index (χ4v) is 16.0.